The van der Waals surface area contributed by atoms with Crippen LogP contribution in [0, 0.1) is 5.92 Å². The summed E-state index contributed by atoms with van der Waals surface area (Å²) in [5.41, 5.74) is 1.41. The summed E-state index contributed by atoms with van der Waals surface area (Å²) >= 11 is 12.1. The minimum absolute atomic E-state index is 0. The van der Waals surface area contributed by atoms with Crippen molar-refractivity contribution in [3.63, 3.8) is 0 Å². The van der Waals surface area contributed by atoms with Gasteiger partial charge >= 0.3 is 0 Å². The van der Waals surface area contributed by atoms with Gasteiger partial charge in [0.05, 0.1) is 5.56 Å². The largest absolute Gasteiger partial charge is 0.488 e. The van der Waals surface area contributed by atoms with Crippen LogP contribution in [0.15, 0.2) is 42.5 Å². The van der Waals surface area contributed by atoms with E-state index in [1.165, 1.54) is 0 Å². The fourth-order valence-electron chi connectivity index (χ4n) is 3.21. The first-order valence-electron chi connectivity index (χ1n) is 8.68. The van der Waals surface area contributed by atoms with Crippen molar-refractivity contribution in [2.24, 2.45) is 5.92 Å². The van der Waals surface area contributed by atoms with Gasteiger partial charge in [0.1, 0.15) is 12.4 Å². The molecule has 7 heteroatoms. The standard InChI is InChI=1S/C20H22Cl2N2O2.ClH/c1-23-11-14-8-9-24(12-14)20(25)17-4-2-3-5-19(17)26-13-15-6-7-16(21)10-18(15)22;/h2-7,10,14,23H,8-9,11-13H2,1H3;1H. The van der Waals surface area contributed by atoms with Gasteiger partial charge in [-0.15, -0.1) is 12.4 Å². The first kappa shape index (κ1) is 21.8. The Hall–Kier alpha value is -1.46. The zero-order valence-electron chi connectivity index (χ0n) is 15.1. The van der Waals surface area contributed by atoms with Gasteiger partial charge in [0.2, 0.25) is 0 Å². The number of halogens is 3. The molecule has 0 saturated carbocycles. The topological polar surface area (TPSA) is 41.6 Å². The summed E-state index contributed by atoms with van der Waals surface area (Å²) in [6.45, 7) is 2.76. The molecule has 27 heavy (non-hydrogen) atoms. The first-order valence-corrected chi connectivity index (χ1v) is 9.43. The van der Waals surface area contributed by atoms with Crippen LogP contribution in [-0.2, 0) is 6.61 Å². The molecule has 0 radical (unpaired) electrons. The predicted molar refractivity (Wildman–Crippen MR) is 112 cm³/mol. The molecule has 1 amide bonds. The quantitative estimate of drug-likeness (QED) is 0.725. The zero-order chi connectivity index (χ0) is 18.5. The second-order valence-corrected chi connectivity index (χ2v) is 7.33. The van der Waals surface area contributed by atoms with Gasteiger partial charge in [-0.1, -0.05) is 41.4 Å². The van der Waals surface area contributed by atoms with E-state index in [1.54, 1.807) is 12.1 Å². The summed E-state index contributed by atoms with van der Waals surface area (Å²) in [5, 5.41) is 4.32. The average Bonchev–Trinajstić information content (AvgIpc) is 3.10. The van der Waals surface area contributed by atoms with E-state index in [-0.39, 0.29) is 24.9 Å². The van der Waals surface area contributed by atoms with Crippen molar-refractivity contribution in [1.29, 1.82) is 0 Å². The van der Waals surface area contributed by atoms with Gasteiger partial charge in [0.15, 0.2) is 0 Å². The molecule has 1 aliphatic heterocycles. The number of para-hydroxylation sites is 1. The van der Waals surface area contributed by atoms with Gasteiger partial charge < -0.3 is 15.0 Å². The number of hydrogen-bond acceptors (Lipinski definition) is 3. The number of nitrogens with one attached hydrogen (secondary N) is 1. The molecule has 1 aliphatic rings. The van der Waals surface area contributed by atoms with Crippen LogP contribution in [0.3, 0.4) is 0 Å². The van der Waals surface area contributed by atoms with Crippen molar-refractivity contribution in [3.8, 4) is 5.75 Å². The highest BCUT2D eigenvalue weighted by molar-refractivity contribution is 6.35. The minimum atomic E-state index is 0. The summed E-state index contributed by atoms with van der Waals surface area (Å²) < 4.78 is 5.91. The Bertz CT molecular complexity index is 786. The molecule has 4 nitrogen and oxygen atoms in total. The number of carbonyl (C=O) groups excluding carboxylic acids is 1. The molecular formula is C20H23Cl3N2O2. The number of carbonyl (C=O) groups is 1. The number of rotatable bonds is 6. The Morgan fingerprint density at radius 1 is 1.26 bits per heavy atom. The molecule has 0 bridgehead atoms. The van der Waals surface area contributed by atoms with Gasteiger partial charge in [0.25, 0.3) is 5.91 Å². The van der Waals surface area contributed by atoms with E-state index in [0.29, 0.717) is 27.3 Å². The first-order chi connectivity index (χ1) is 12.6. The van der Waals surface area contributed by atoms with Crippen LogP contribution in [0.25, 0.3) is 0 Å². The normalized spacial score (nSPS) is 16.1. The van der Waals surface area contributed by atoms with E-state index in [2.05, 4.69) is 5.32 Å². The highest BCUT2D eigenvalue weighted by atomic mass is 35.5. The molecule has 2 aromatic rings. The third kappa shape index (κ3) is 5.52. The molecule has 0 aromatic heterocycles. The maximum Gasteiger partial charge on any atom is 0.257 e. The molecule has 1 N–H and O–H groups in total. The van der Waals surface area contributed by atoms with Crippen LogP contribution in [0.5, 0.6) is 5.75 Å². The van der Waals surface area contributed by atoms with Crippen molar-refractivity contribution in [1.82, 2.24) is 10.2 Å². The highest BCUT2D eigenvalue weighted by Crippen LogP contribution is 2.26. The van der Waals surface area contributed by atoms with Gasteiger partial charge in [-0.25, -0.2) is 0 Å². The van der Waals surface area contributed by atoms with E-state index < -0.39 is 0 Å². The second kappa shape index (κ2) is 10.2. The van der Waals surface area contributed by atoms with Crippen LogP contribution in [0.1, 0.15) is 22.3 Å². The van der Waals surface area contributed by atoms with Crippen molar-refractivity contribution in [2.45, 2.75) is 13.0 Å². The Kier molecular flexibility index (Phi) is 8.24. The zero-order valence-corrected chi connectivity index (χ0v) is 17.4. The molecule has 1 atom stereocenters. The molecule has 3 rings (SSSR count). The lowest BCUT2D eigenvalue weighted by Crippen LogP contribution is -2.30. The molecule has 1 fully saturated rings. The van der Waals surface area contributed by atoms with Gasteiger partial charge in [-0.2, -0.15) is 0 Å². The lowest BCUT2D eigenvalue weighted by Gasteiger charge is -2.19. The Labute approximate surface area is 176 Å². The Balaban J connectivity index is 0.00000261. The van der Waals surface area contributed by atoms with Gasteiger partial charge in [-0.05, 0) is 50.2 Å². The SMILES string of the molecule is CNCC1CCN(C(=O)c2ccccc2OCc2ccc(Cl)cc2Cl)C1.Cl. The third-order valence-corrected chi connectivity index (χ3v) is 5.17. The van der Waals surface area contributed by atoms with E-state index >= 15 is 0 Å². The monoisotopic (exact) mass is 428 g/mol. The maximum absolute atomic E-state index is 12.9. The summed E-state index contributed by atoms with van der Waals surface area (Å²) in [6.07, 6.45) is 1.02. The number of likely N-dealkylation sites (tertiary alicyclic amines) is 1. The molecule has 0 spiro atoms. The number of amides is 1. The molecular weight excluding hydrogens is 407 g/mol. The Morgan fingerprint density at radius 2 is 2.04 bits per heavy atom. The molecule has 1 saturated heterocycles. The van der Waals surface area contributed by atoms with E-state index in [9.17, 15) is 4.79 Å². The summed E-state index contributed by atoms with van der Waals surface area (Å²) in [7, 11) is 1.94. The fraction of sp³-hybridized carbons (Fsp3) is 0.350. The van der Waals surface area contributed by atoms with Crippen LogP contribution in [0.4, 0.5) is 0 Å². The number of ether oxygens (including phenoxy) is 1. The number of nitrogens with zero attached hydrogens (tertiary/aromatic N) is 1. The van der Waals surface area contributed by atoms with Crippen molar-refractivity contribution < 1.29 is 9.53 Å². The molecule has 2 aromatic carbocycles. The van der Waals surface area contributed by atoms with Crippen LogP contribution < -0.4 is 10.1 Å². The lowest BCUT2D eigenvalue weighted by molar-refractivity contribution is 0.0782. The maximum atomic E-state index is 12.9. The number of hydrogen-bond donors (Lipinski definition) is 1. The molecule has 1 unspecified atom stereocenters. The van der Waals surface area contributed by atoms with Crippen molar-refractivity contribution in [3.05, 3.63) is 63.6 Å². The molecule has 0 aliphatic carbocycles. The van der Waals surface area contributed by atoms with E-state index in [4.69, 9.17) is 27.9 Å². The summed E-state index contributed by atoms with van der Waals surface area (Å²) in [6, 6.07) is 12.6. The van der Waals surface area contributed by atoms with Crippen molar-refractivity contribution in [2.75, 3.05) is 26.7 Å². The summed E-state index contributed by atoms with van der Waals surface area (Å²) in [4.78, 5) is 14.8. The van der Waals surface area contributed by atoms with Gasteiger partial charge in [-0.3, -0.25) is 4.79 Å². The van der Waals surface area contributed by atoms with E-state index in [0.717, 1.165) is 31.6 Å². The van der Waals surface area contributed by atoms with Crippen LogP contribution in [0.2, 0.25) is 10.0 Å². The third-order valence-electron chi connectivity index (χ3n) is 4.58. The summed E-state index contributed by atoms with van der Waals surface area (Å²) in [5.74, 6) is 1.09. The van der Waals surface area contributed by atoms with Gasteiger partial charge in [0, 0.05) is 28.7 Å². The predicted octanol–water partition coefficient (Wildman–Crippen LogP) is 4.68. The van der Waals surface area contributed by atoms with E-state index in [1.807, 2.05) is 42.3 Å². The van der Waals surface area contributed by atoms with Crippen molar-refractivity contribution >= 4 is 41.5 Å². The average molecular weight is 430 g/mol. The Morgan fingerprint density at radius 3 is 2.78 bits per heavy atom. The van der Waals surface area contributed by atoms with Crippen LogP contribution >= 0.6 is 35.6 Å². The highest BCUT2D eigenvalue weighted by Gasteiger charge is 2.28. The molecule has 146 valence electrons. The number of benzene rings is 2. The van der Waals surface area contributed by atoms with Crippen LogP contribution in [-0.4, -0.2) is 37.5 Å². The second-order valence-electron chi connectivity index (χ2n) is 6.48. The molecule has 1 heterocycles. The fourth-order valence-corrected chi connectivity index (χ4v) is 3.67. The lowest BCUT2D eigenvalue weighted by atomic mass is 10.1. The smallest absolute Gasteiger partial charge is 0.257 e. The minimum Gasteiger partial charge on any atom is -0.488 e.